The number of hydrogen-bond donors (Lipinski definition) is 1. The second kappa shape index (κ2) is 7.74. The van der Waals surface area contributed by atoms with Crippen LogP contribution in [0, 0.1) is 11.6 Å². The first-order valence-corrected chi connectivity index (χ1v) is 8.50. The standard InChI is InChI=1S/C20H21F2NO2/c21-16-6-1-4-14(10-16)11-18-8-3-9-23(18)20(25)13-19(24)15-5-2-7-17(22)12-15/h1-2,4-7,10,12,18-19,24H,3,8-9,11,13H2. The summed E-state index contributed by atoms with van der Waals surface area (Å²) in [5, 5.41) is 10.2. The summed E-state index contributed by atoms with van der Waals surface area (Å²) >= 11 is 0. The lowest BCUT2D eigenvalue weighted by Crippen LogP contribution is -2.37. The van der Waals surface area contributed by atoms with Gasteiger partial charge in [0.25, 0.3) is 0 Å². The summed E-state index contributed by atoms with van der Waals surface area (Å²) in [6.45, 7) is 0.634. The van der Waals surface area contributed by atoms with E-state index in [0.29, 0.717) is 18.5 Å². The molecule has 2 aromatic rings. The molecular formula is C20H21F2NO2. The van der Waals surface area contributed by atoms with Gasteiger partial charge in [0.05, 0.1) is 12.5 Å². The highest BCUT2D eigenvalue weighted by Gasteiger charge is 2.30. The molecule has 0 radical (unpaired) electrons. The molecule has 0 saturated carbocycles. The lowest BCUT2D eigenvalue weighted by atomic mass is 10.0. The van der Waals surface area contributed by atoms with Crippen LogP contribution in [0.3, 0.4) is 0 Å². The summed E-state index contributed by atoms with van der Waals surface area (Å²) < 4.78 is 26.6. The number of likely N-dealkylation sites (tertiary alicyclic amines) is 1. The molecule has 132 valence electrons. The normalized spacial score (nSPS) is 18.4. The van der Waals surface area contributed by atoms with Crippen molar-refractivity contribution in [2.45, 2.75) is 37.8 Å². The summed E-state index contributed by atoms with van der Waals surface area (Å²) in [5.74, 6) is -0.875. The van der Waals surface area contributed by atoms with Crippen molar-refractivity contribution >= 4 is 5.91 Å². The number of carbonyl (C=O) groups excluding carboxylic acids is 1. The van der Waals surface area contributed by atoms with Gasteiger partial charge in [-0.2, -0.15) is 0 Å². The second-order valence-corrected chi connectivity index (χ2v) is 6.49. The van der Waals surface area contributed by atoms with E-state index in [1.807, 2.05) is 6.07 Å². The molecule has 0 aliphatic carbocycles. The van der Waals surface area contributed by atoms with Gasteiger partial charge in [0.1, 0.15) is 11.6 Å². The van der Waals surface area contributed by atoms with E-state index in [0.717, 1.165) is 18.4 Å². The van der Waals surface area contributed by atoms with Crippen LogP contribution in [0.1, 0.15) is 36.5 Å². The fraction of sp³-hybridized carbons (Fsp3) is 0.350. The molecule has 1 heterocycles. The number of benzene rings is 2. The van der Waals surface area contributed by atoms with Gasteiger partial charge in [-0.1, -0.05) is 24.3 Å². The monoisotopic (exact) mass is 345 g/mol. The van der Waals surface area contributed by atoms with E-state index in [-0.39, 0.29) is 24.2 Å². The summed E-state index contributed by atoms with van der Waals surface area (Å²) in [6.07, 6.45) is 1.24. The molecular weight excluding hydrogens is 324 g/mol. The number of halogens is 2. The van der Waals surface area contributed by atoms with Gasteiger partial charge in [-0.25, -0.2) is 8.78 Å². The minimum Gasteiger partial charge on any atom is -0.388 e. The molecule has 25 heavy (non-hydrogen) atoms. The summed E-state index contributed by atoms with van der Waals surface area (Å²) in [6, 6.07) is 12.1. The van der Waals surface area contributed by atoms with Crippen LogP contribution in [0.25, 0.3) is 0 Å². The molecule has 2 unspecified atom stereocenters. The van der Waals surface area contributed by atoms with Crippen LogP contribution < -0.4 is 0 Å². The van der Waals surface area contributed by atoms with Crippen molar-refractivity contribution < 1.29 is 18.7 Å². The lowest BCUT2D eigenvalue weighted by Gasteiger charge is -2.26. The first-order valence-electron chi connectivity index (χ1n) is 8.50. The largest absolute Gasteiger partial charge is 0.388 e. The molecule has 0 spiro atoms. The Labute approximate surface area is 145 Å². The van der Waals surface area contributed by atoms with E-state index in [1.54, 1.807) is 17.0 Å². The fourth-order valence-corrected chi connectivity index (χ4v) is 3.43. The Hall–Kier alpha value is -2.27. The molecule has 1 aliphatic heterocycles. The van der Waals surface area contributed by atoms with E-state index < -0.39 is 11.9 Å². The predicted octanol–water partition coefficient (Wildman–Crippen LogP) is 3.62. The van der Waals surface area contributed by atoms with Gasteiger partial charge in [0.15, 0.2) is 0 Å². The van der Waals surface area contributed by atoms with Crippen molar-refractivity contribution in [1.29, 1.82) is 0 Å². The zero-order valence-electron chi connectivity index (χ0n) is 13.9. The van der Waals surface area contributed by atoms with Crippen LogP contribution in [0.5, 0.6) is 0 Å². The number of nitrogens with zero attached hydrogens (tertiary/aromatic N) is 1. The van der Waals surface area contributed by atoms with Gasteiger partial charge in [-0.05, 0) is 54.7 Å². The highest BCUT2D eigenvalue weighted by atomic mass is 19.1. The minimum atomic E-state index is -1.03. The van der Waals surface area contributed by atoms with Gasteiger partial charge in [0, 0.05) is 12.6 Å². The molecule has 0 aromatic heterocycles. The average Bonchev–Trinajstić information content (AvgIpc) is 3.03. The van der Waals surface area contributed by atoms with Crippen LogP contribution in [0.4, 0.5) is 8.78 Å². The van der Waals surface area contributed by atoms with E-state index in [2.05, 4.69) is 0 Å². The molecule has 2 atom stereocenters. The summed E-state index contributed by atoms with van der Waals surface area (Å²) in [7, 11) is 0. The minimum absolute atomic E-state index is 0.00834. The first kappa shape index (κ1) is 17.5. The Bertz CT molecular complexity index is 750. The summed E-state index contributed by atoms with van der Waals surface area (Å²) in [4.78, 5) is 14.3. The van der Waals surface area contributed by atoms with Crippen LogP contribution in [0.15, 0.2) is 48.5 Å². The maximum atomic E-state index is 13.3. The topological polar surface area (TPSA) is 40.5 Å². The molecule has 1 aliphatic rings. The number of carbonyl (C=O) groups is 1. The zero-order chi connectivity index (χ0) is 17.8. The molecule has 1 N–H and O–H groups in total. The Morgan fingerprint density at radius 2 is 1.88 bits per heavy atom. The van der Waals surface area contributed by atoms with Crippen LogP contribution in [-0.4, -0.2) is 28.5 Å². The Morgan fingerprint density at radius 3 is 2.60 bits per heavy atom. The van der Waals surface area contributed by atoms with Gasteiger partial charge in [-0.3, -0.25) is 4.79 Å². The predicted molar refractivity (Wildman–Crippen MR) is 90.8 cm³/mol. The second-order valence-electron chi connectivity index (χ2n) is 6.49. The third-order valence-electron chi connectivity index (χ3n) is 4.66. The van der Waals surface area contributed by atoms with Crippen LogP contribution in [-0.2, 0) is 11.2 Å². The zero-order valence-corrected chi connectivity index (χ0v) is 13.9. The maximum Gasteiger partial charge on any atom is 0.225 e. The van der Waals surface area contributed by atoms with Gasteiger partial charge >= 0.3 is 0 Å². The van der Waals surface area contributed by atoms with Crippen molar-refractivity contribution in [3.8, 4) is 0 Å². The van der Waals surface area contributed by atoms with Crippen molar-refractivity contribution in [3.63, 3.8) is 0 Å². The van der Waals surface area contributed by atoms with E-state index in [9.17, 15) is 18.7 Å². The van der Waals surface area contributed by atoms with Crippen molar-refractivity contribution in [3.05, 3.63) is 71.3 Å². The molecule has 3 rings (SSSR count). The summed E-state index contributed by atoms with van der Waals surface area (Å²) in [5.41, 5.74) is 1.25. The Morgan fingerprint density at radius 1 is 1.16 bits per heavy atom. The van der Waals surface area contributed by atoms with E-state index >= 15 is 0 Å². The Kier molecular flexibility index (Phi) is 5.43. The van der Waals surface area contributed by atoms with Gasteiger partial charge in [0.2, 0.25) is 5.91 Å². The third kappa shape index (κ3) is 4.42. The molecule has 2 aromatic carbocycles. The lowest BCUT2D eigenvalue weighted by molar-refractivity contribution is -0.134. The van der Waals surface area contributed by atoms with Crippen LogP contribution in [0.2, 0.25) is 0 Å². The van der Waals surface area contributed by atoms with Crippen molar-refractivity contribution in [2.75, 3.05) is 6.54 Å². The highest BCUT2D eigenvalue weighted by molar-refractivity contribution is 5.77. The fourth-order valence-electron chi connectivity index (χ4n) is 3.43. The SMILES string of the molecule is O=C(CC(O)c1cccc(F)c1)N1CCCC1Cc1cccc(F)c1. The van der Waals surface area contributed by atoms with Crippen LogP contribution >= 0.6 is 0 Å². The highest BCUT2D eigenvalue weighted by Crippen LogP contribution is 2.25. The number of aliphatic hydroxyl groups is 1. The van der Waals surface area contributed by atoms with Crippen molar-refractivity contribution in [1.82, 2.24) is 4.90 Å². The number of hydrogen-bond acceptors (Lipinski definition) is 2. The molecule has 1 fully saturated rings. The van der Waals surface area contributed by atoms with Gasteiger partial charge in [-0.15, -0.1) is 0 Å². The van der Waals surface area contributed by atoms with Crippen molar-refractivity contribution in [2.24, 2.45) is 0 Å². The molecule has 5 heteroatoms. The van der Waals surface area contributed by atoms with E-state index in [4.69, 9.17) is 0 Å². The third-order valence-corrected chi connectivity index (χ3v) is 4.66. The molecule has 0 bridgehead atoms. The quantitative estimate of drug-likeness (QED) is 0.899. The smallest absolute Gasteiger partial charge is 0.225 e. The molecule has 1 saturated heterocycles. The number of aliphatic hydroxyl groups excluding tert-OH is 1. The van der Waals surface area contributed by atoms with E-state index in [1.165, 1.54) is 30.3 Å². The van der Waals surface area contributed by atoms with Gasteiger partial charge < -0.3 is 10.0 Å². The number of rotatable bonds is 5. The molecule has 1 amide bonds. The molecule has 3 nitrogen and oxygen atoms in total. The number of amides is 1. The maximum absolute atomic E-state index is 13.3. The Balaban J connectivity index is 1.64. The average molecular weight is 345 g/mol. The first-order chi connectivity index (χ1) is 12.0.